The molecule has 2 heterocycles. The molecule has 3 aromatic rings. The molecule has 2 aromatic heterocycles. The monoisotopic (exact) mass is 435 g/mol. The first-order chi connectivity index (χ1) is 14.5. The standard InChI is InChI=1S/C19H13F4N5O3/c1-18(31,9-28-16-3-2-10(20)4-12(16)15(8-29)27-28)17(30)26-11-5-13(19(21,22)23)14(6-24)25-7-11/h2-5,7-8,31H,9H2,1H3,(H,26,30)/t18-/m0/s1. The Morgan fingerprint density at radius 1 is 1.35 bits per heavy atom. The van der Waals surface area contributed by atoms with Crippen LogP contribution in [0, 0.1) is 17.1 Å². The van der Waals surface area contributed by atoms with Gasteiger partial charge in [0.1, 0.15) is 17.6 Å². The fraction of sp³-hybridized carbons (Fsp3) is 0.211. The Morgan fingerprint density at radius 2 is 2.06 bits per heavy atom. The summed E-state index contributed by atoms with van der Waals surface area (Å²) in [6, 6.07) is 5.31. The zero-order valence-electron chi connectivity index (χ0n) is 15.7. The van der Waals surface area contributed by atoms with Crippen LogP contribution in [-0.4, -0.2) is 37.7 Å². The molecule has 31 heavy (non-hydrogen) atoms. The highest BCUT2D eigenvalue weighted by Gasteiger charge is 2.36. The quantitative estimate of drug-likeness (QED) is 0.470. The lowest BCUT2D eigenvalue weighted by atomic mass is 10.1. The van der Waals surface area contributed by atoms with Gasteiger partial charge in [-0.3, -0.25) is 14.3 Å². The molecule has 160 valence electrons. The minimum absolute atomic E-state index is 0.114. The van der Waals surface area contributed by atoms with Crippen LogP contribution in [0.15, 0.2) is 30.5 Å². The van der Waals surface area contributed by atoms with Crippen molar-refractivity contribution in [2.45, 2.75) is 25.2 Å². The Morgan fingerprint density at radius 3 is 2.68 bits per heavy atom. The molecular weight excluding hydrogens is 422 g/mol. The van der Waals surface area contributed by atoms with Gasteiger partial charge in [0.15, 0.2) is 17.6 Å². The number of nitrogens with zero attached hydrogens (tertiary/aromatic N) is 4. The van der Waals surface area contributed by atoms with Crippen LogP contribution in [0.3, 0.4) is 0 Å². The second kappa shape index (κ2) is 7.77. The van der Waals surface area contributed by atoms with Gasteiger partial charge >= 0.3 is 6.18 Å². The number of amides is 1. The van der Waals surface area contributed by atoms with E-state index in [1.165, 1.54) is 12.1 Å². The van der Waals surface area contributed by atoms with Crippen molar-refractivity contribution in [3.63, 3.8) is 0 Å². The molecule has 8 nitrogen and oxygen atoms in total. The molecule has 1 atom stereocenters. The predicted molar refractivity (Wildman–Crippen MR) is 98.3 cm³/mol. The summed E-state index contributed by atoms with van der Waals surface area (Å²) < 4.78 is 53.8. The molecule has 0 aliphatic heterocycles. The number of carbonyl (C=O) groups excluding carboxylic acids is 2. The number of aliphatic hydroxyl groups is 1. The third-order valence-electron chi connectivity index (χ3n) is 4.36. The Balaban J connectivity index is 1.89. The van der Waals surface area contributed by atoms with E-state index in [9.17, 15) is 32.3 Å². The summed E-state index contributed by atoms with van der Waals surface area (Å²) in [4.78, 5) is 27.1. The van der Waals surface area contributed by atoms with Crippen molar-refractivity contribution in [2.24, 2.45) is 0 Å². The normalized spacial score (nSPS) is 13.5. The number of alkyl halides is 3. The van der Waals surface area contributed by atoms with Crippen molar-refractivity contribution in [1.82, 2.24) is 14.8 Å². The van der Waals surface area contributed by atoms with Crippen LogP contribution in [0.1, 0.15) is 28.7 Å². The van der Waals surface area contributed by atoms with E-state index < -0.39 is 47.0 Å². The fourth-order valence-electron chi connectivity index (χ4n) is 2.85. The highest BCUT2D eigenvalue weighted by molar-refractivity contribution is 5.97. The number of hydrogen-bond donors (Lipinski definition) is 2. The first kappa shape index (κ1) is 21.8. The van der Waals surface area contributed by atoms with E-state index in [4.69, 9.17) is 5.26 Å². The maximum Gasteiger partial charge on any atom is 0.419 e. The molecule has 0 fully saturated rings. The van der Waals surface area contributed by atoms with Gasteiger partial charge in [-0.1, -0.05) is 0 Å². The van der Waals surface area contributed by atoms with Crippen LogP contribution in [0.25, 0.3) is 10.9 Å². The molecule has 1 amide bonds. The molecule has 0 saturated heterocycles. The molecule has 0 saturated carbocycles. The number of fused-ring (bicyclic) bond motifs is 1. The summed E-state index contributed by atoms with van der Waals surface area (Å²) >= 11 is 0. The van der Waals surface area contributed by atoms with Crippen LogP contribution in [0.5, 0.6) is 0 Å². The number of nitriles is 1. The average molecular weight is 435 g/mol. The number of hydrogen-bond acceptors (Lipinski definition) is 6. The van der Waals surface area contributed by atoms with Crippen molar-refractivity contribution in [3.05, 3.63) is 53.2 Å². The topological polar surface area (TPSA) is 121 Å². The second-order valence-corrected chi connectivity index (χ2v) is 6.78. The zero-order chi connectivity index (χ0) is 23.0. The van der Waals surface area contributed by atoms with Gasteiger partial charge in [-0.15, -0.1) is 0 Å². The number of aldehydes is 1. The van der Waals surface area contributed by atoms with Gasteiger partial charge < -0.3 is 10.4 Å². The van der Waals surface area contributed by atoms with E-state index in [1.54, 1.807) is 0 Å². The van der Waals surface area contributed by atoms with Gasteiger partial charge in [-0.2, -0.15) is 23.5 Å². The number of carbonyl (C=O) groups is 2. The van der Waals surface area contributed by atoms with Crippen molar-refractivity contribution in [2.75, 3.05) is 5.32 Å². The summed E-state index contributed by atoms with van der Waals surface area (Å²) in [5, 5.41) is 25.6. The first-order valence-corrected chi connectivity index (χ1v) is 8.58. The minimum Gasteiger partial charge on any atom is -0.378 e. The number of nitrogens with one attached hydrogen (secondary N) is 1. The van der Waals surface area contributed by atoms with Gasteiger partial charge in [0.05, 0.1) is 29.5 Å². The van der Waals surface area contributed by atoms with E-state index in [1.807, 2.05) is 0 Å². The molecule has 0 spiro atoms. The number of halogens is 4. The number of anilines is 1. The largest absolute Gasteiger partial charge is 0.419 e. The van der Waals surface area contributed by atoms with Gasteiger partial charge in [0.2, 0.25) is 0 Å². The van der Waals surface area contributed by atoms with Gasteiger partial charge in [0.25, 0.3) is 5.91 Å². The molecule has 0 aliphatic carbocycles. The van der Waals surface area contributed by atoms with Crippen LogP contribution < -0.4 is 5.32 Å². The summed E-state index contributed by atoms with van der Waals surface area (Å²) in [5.41, 5.74) is -4.65. The third kappa shape index (κ3) is 4.36. The Labute approximate surface area is 171 Å². The van der Waals surface area contributed by atoms with E-state index >= 15 is 0 Å². The summed E-state index contributed by atoms with van der Waals surface area (Å²) in [6.07, 6.45) is -3.65. The van der Waals surface area contributed by atoms with Crippen molar-refractivity contribution in [3.8, 4) is 6.07 Å². The maximum atomic E-state index is 13.5. The van der Waals surface area contributed by atoms with E-state index in [2.05, 4.69) is 15.4 Å². The number of benzene rings is 1. The molecule has 12 heteroatoms. The highest BCUT2D eigenvalue weighted by Crippen LogP contribution is 2.32. The van der Waals surface area contributed by atoms with Crippen LogP contribution in [0.4, 0.5) is 23.2 Å². The zero-order valence-corrected chi connectivity index (χ0v) is 15.7. The van der Waals surface area contributed by atoms with Crippen LogP contribution in [-0.2, 0) is 17.5 Å². The molecule has 2 N–H and O–H groups in total. The smallest absolute Gasteiger partial charge is 0.378 e. The number of rotatable bonds is 5. The lowest BCUT2D eigenvalue weighted by molar-refractivity contribution is -0.138. The maximum absolute atomic E-state index is 13.5. The van der Waals surface area contributed by atoms with E-state index in [-0.39, 0.29) is 16.6 Å². The highest BCUT2D eigenvalue weighted by atomic mass is 19.4. The molecular formula is C19H13F4N5O3. The van der Waals surface area contributed by atoms with E-state index in [0.29, 0.717) is 12.4 Å². The van der Waals surface area contributed by atoms with Crippen molar-refractivity contribution < 1.29 is 32.3 Å². The Kier molecular flexibility index (Phi) is 5.47. The predicted octanol–water partition coefficient (Wildman–Crippen LogP) is 2.66. The minimum atomic E-state index is -4.88. The van der Waals surface area contributed by atoms with Gasteiger partial charge in [-0.25, -0.2) is 9.37 Å². The second-order valence-electron chi connectivity index (χ2n) is 6.78. The van der Waals surface area contributed by atoms with Gasteiger partial charge in [-0.05, 0) is 31.2 Å². The summed E-state index contributed by atoms with van der Waals surface area (Å²) in [7, 11) is 0. The molecule has 1 aromatic carbocycles. The molecule has 0 unspecified atom stereocenters. The SMILES string of the molecule is C[C@](O)(Cn1nc(C=O)c2cc(F)ccc21)C(=O)Nc1cnc(C#N)c(C(F)(F)F)c1. The molecule has 0 bridgehead atoms. The van der Waals surface area contributed by atoms with Crippen LogP contribution >= 0.6 is 0 Å². The van der Waals surface area contributed by atoms with E-state index in [0.717, 1.165) is 29.9 Å². The first-order valence-electron chi connectivity index (χ1n) is 8.58. The van der Waals surface area contributed by atoms with Gasteiger partial charge in [0, 0.05) is 5.39 Å². The molecule has 0 radical (unpaired) electrons. The lowest BCUT2D eigenvalue weighted by Gasteiger charge is -2.23. The molecule has 0 aliphatic rings. The summed E-state index contributed by atoms with van der Waals surface area (Å²) in [6.45, 7) is 0.590. The van der Waals surface area contributed by atoms with Crippen LogP contribution in [0.2, 0.25) is 0 Å². The number of pyridine rings is 1. The van der Waals surface area contributed by atoms with Crippen molar-refractivity contribution >= 4 is 28.8 Å². The lowest BCUT2D eigenvalue weighted by Crippen LogP contribution is -2.44. The number of aromatic nitrogens is 3. The third-order valence-corrected chi connectivity index (χ3v) is 4.36. The van der Waals surface area contributed by atoms with Crippen molar-refractivity contribution in [1.29, 1.82) is 5.26 Å². The fourth-order valence-corrected chi connectivity index (χ4v) is 2.85. The Bertz CT molecular complexity index is 1230. The molecule has 3 rings (SSSR count). The Hall–Kier alpha value is -3.85. The summed E-state index contributed by atoms with van der Waals surface area (Å²) in [5.74, 6) is -1.71. The average Bonchev–Trinajstić information content (AvgIpc) is 3.03.